The number of nitrogens with two attached hydrogens (primary N) is 1. The Hall–Kier alpha value is -2.44. The zero-order chi connectivity index (χ0) is 12.5. The molecule has 0 fully saturated rings. The van der Waals surface area contributed by atoms with Crippen molar-refractivity contribution in [2.45, 2.75) is 19.5 Å². The molecule has 0 unspecified atom stereocenters. The molecule has 92 valence electrons. The van der Waals surface area contributed by atoms with Crippen molar-refractivity contribution in [3.63, 3.8) is 0 Å². The maximum absolute atomic E-state index is 12.0. The Bertz CT molecular complexity index is 654. The molecule has 2 aromatic rings. The molecule has 3 heterocycles. The largest absolute Gasteiger partial charge is 0.382 e. The van der Waals surface area contributed by atoms with E-state index in [9.17, 15) is 4.79 Å². The minimum Gasteiger partial charge on any atom is -0.382 e. The van der Waals surface area contributed by atoms with Gasteiger partial charge in [0.05, 0.1) is 0 Å². The van der Waals surface area contributed by atoms with E-state index >= 15 is 0 Å². The van der Waals surface area contributed by atoms with Gasteiger partial charge in [-0.2, -0.15) is 0 Å². The van der Waals surface area contributed by atoms with Crippen LogP contribution in [0.2, 0.25) is 0 Å². The van der Waals surface area contributed by atoms with Crippen LogP contribution in [0.1, 0.15) is 6.42 Å². The Morgan fingerprint density at radius 2 is 2.06 bits per heavy atom. The first kappa shape index (κ1) is 10.7. The summed E-state index contributed by atoms with van der Waals surface area (Å²) in [6.45, 7) is 1.43. The van der Waals surface area contributed by atoms with Crippen LogP contribution in [-0.4, -0.2) is 14.3 Å². The number of aromatic nitrogens is 3. The Kier molecular flexibility index (Phi) is 2.44. The first-order chi connectivity index (χ1) is 8.77. The van der Waals surface area contributed by atoms with Gasteiger partial charge in [0.15, 0.2) is 17.3 Å². The molecule has 1 aliphatic rings. The van der Waals surface area contributed by atoms with Gasteiger partial charge in [-0.25, -0.2) is 9.67 Å². The van der Waals surface area contributed by atoms with E-state index < -0.39 is 0 Å². The molecule has 3 rings (SSSR count). The van der Waals surface area contributed by atoms with Crippen molar-refractivity contribution in [3.05, 3.63) is 34.7 Å². The zero-order valence-electron chi connectivity index (χ0n) is 9.65. The molecule has 0 bridgehead atoms. The number of azo groups is 1. The van der Waals surface area contributed by atoms with Crippen LogP contribution in [0.25, 0.3) is 0 Å². The number of nitrogens with zero attached hydrogens (tertiary/aromatic N) is 5. The van der Waals surface area contributed by atoms with E-state index in [1.165, 1.54) is 0 Å². The van der Waals surface area contributed by atoms with Crippen LogP contribution >= 0.6 is 0 Å². The first-order valence-corrected chi connectivity index (χ1v) is 5.69. The van der Waals surface area contributed by atoms with E-state index in [4.69, 9.17) is 5.73 Å². The number of rotatable bonds is 2. The number of nitrogen functional groups attached to an aromatic ring is 1. The standard InChI is InChI=1S/C11H12N6O/c12-10-9(11(18)17-7-3-6-16(10)17)15-14-8-4-1-2-5-13-8/h1-2,4-5H,3,6-7,12H2. The highest BCUT2D eigenvalue weighted by molar-refractivity contribution is 5.57. The Balaban J connectivity index is 2.00. The Labute approximate surface area is 103 Å². The second-order valence-corrected chi connectivity index (χ2v) is 4.03. The maximum Gasteiger partial charge on any atom is 0.296 e. The molecule has 18 heavy (non-hydrogen) atoms. The summed E-state index contributed by atoms with van der Waals surface area (Å²) in [6, 6.07) is 5.30. The lowest BCUT2D eigenvalue weighted by Crippen LogP contribution is -2.16. The number of fused-ring (bicyclic) bond motifs is 1. The van der Waals surface area contributed by atoms with Crippen LogP contribution < -0.4 is 11.3 Å². The molecule has 0 aliphatic carbocycles. The van der Waals surface area contributed by atoms with E-state index in [-0.39, 0.29) is 11.2 Å². The Morgan fingerprint density at radius 1 is 1.22 bits per heavy atom. The number of anilines is 1. The fourth-order valence-electron chi connectivity index (χ4n) is 2.04. The van der Waals surface area contributed by atoms with Crippen molar-refractivity contribution in [3.8, 4) is 0 Å². The van der Waals surface area contributed by atoms with Crippen LogP contribution in [-0.2, 0) is 13.1 Å². The molecule has 1 aliphatic heterocycles. The summed E-state index contributed by atoms with van der Waals surface area (Å²) >= 11 is 0. The lowest BCUT2D eigenvalue weighted by atomic mass is 10.4. The summed E-state index contributed by atoms with van der Waals surface area (Å²) in [5.41, 5.74) is 5.89. The van der Waals surface area contributed by atoms with Gasteiger partial charge in [-0.15, -0.1) is 10.2 Å². The summed E-state index contributed by atoms with van der Waals surface area (Å²) in [7, 11) is 0. The first-order valence-electron chi connectivity index (χ1n) is 5.69. The van der Waals surface area contributed by atoms with E-state index in [0.717, 1.165) is 13.0 Å². The third-order valence-electron chi connectivity index (χ3n) is 2.89. The quantitative estimate of drug-likeness (QED) is 0.810. The highest BCUT2D eigenvalue weighted by Crippen LogP contribution is 2.23. The van der Waals surface area contributed by atoms with Crippen LogP contribution in [0.5, 0.6) is 0 Å². The molecule has 0 radical (unpaired) electrons. The fraction of sp³-hybridized carbons (Fsp3) is 0.273. The van der Waals surface area contributed by atoms with Crippen LogP contribution in [0.4, 0.5) is 17.3 Å². The molecule has 0 spiro atoms. The molecular weight excluding hydrogens is 232 g/mol. The van der Waals surface area contributed by atoms with Crippen molar-refractivity contribution >= 4 is 17.3 Å². The van der Waals surface area contributed by atoms with Crippen molar-refractivity contribution in [2.24, 2.45) is 10.2 Å². The van der Waals surface area contributed by atoms with Gasteiger partial charge in [-0.1, -0.05) is 6.07 Å². The number of pyridine rings is 1. The van der Waals surface area contributed by atoms with Gasteiger partial charge in [0, 0.05) is 19.3 Å². The second kappa shape index (κ2) is 4.10. The summed E-state index contributed by atoms with van der Waals surface area (Å²) in [4.78, 5) is 16.0. The molecule has 0 saturated heterocycles. The number of hydrogen-bond donors (Lipinski definition) is 1. The highest BCUT2D eigenvalue weighted by atomic mass is 16.1. The molecule has 2 aromatic heterocycles. The minimum atomic E-state index is -0.190. The normalized spacial score (nSPS) is 14.2. The highest BCUT2D eigenvalue weighted by Gasteiger charge is 2.21. The van der Waals surface area contributed by atoms with Crippen LogP contribution in [0.3, 0.4) is 0 Å². The van der Waals surface area contributed by atoms with Gasteiger partial charge in [0.2, 0.25) is 0 Å². The van der Waals surface area contributed by atoms with E-state index in [0.29, 0.717) is 18.2 Å². The predicted molar refractivity (Wildman–Crippen MR) is 66.1 cm³/mol. The van der Waals surface area contributed by atoms with E-state index in [1.807, 2.05) is 0 Å². The molecule has 7 nitrogen and oxygen atoms in total. The third-order valence-corrected chi connectivity index (χ3v) is 2.89. The molecule has 0 atom stereocenters. The van der Waals surface area contributed by atoms with Crippen LogP contribution in [0, 0.1) is 0 Å². The average Bonchev–Trinajstić information content (AvgIpc) is 2.95. The van der Waals surface area contributed by atoms with Gasteiger partial charge in [0.1, 0.15) is 0 Å². The smallest absolute Gasteiger partial charge is 0.296 e. The summed E-state index contributed by atoms with van der Waals surface area (Å²) in [5, 5.41) is 7.84. The third kappa shape index (κ3) is 1.60. The van der Waals surface area contributed by atoms with Gasteiger partial charge < -0.3 is 5.73 Å². The topological polar surface area (TPSA) is 90.6 Å². The van der Waals surface area contributed by atoms with Crippen molar-refractivity contribution in [2.75, 3.05) is 5.73 Å². The van der Waals surface area contributed by atoms with Gasteiger partial charge in [-0.3, -0.25) is 9.48 Å². The van der Waals surface area contributed by atoms with Crippen LogP contribution in [0.15, 0.2) is 39.4 Å². The maximum atomic E-state index is 12.0. The monoisotopic (exact) mass is 244 g/mol. The lowest BCUT2D eigenvalue weighted by Gasteiger charge is -1.98. The molecular formula is C11H12N6O. The summed E-state index contributed by atoms with van der Waals surface area (Å²) in [5.74, 6) is 0.824. The molecule has 0 amide bonds. The zero-order valence-corrected chi connectivity index (χ0v) is 9.65. The summed E-state index contributed by atoms with van der Waals surface area (Å²) < 4.78 is 3.34. The van der Waals surface area contributed by atoms with Gasteiger partial charge in [0.25, 0.3) is 5.56 Å². The van der Waals surface area contributed by atoms with E-state index in [1.54, 1.807) is 33.8 Å². The van der Waals surface area contributed by atoms with Crippen molar-refractivity contribution in [1.29, 1.82) is 0 Å². The average molecular weight is 244 g/mol. The van der Waals surface area contributed by atoms with Crippen molar-refractivity contribution in [1.82, 2.24) is 14.3 Å². The number of hydrogen-bond acceptors (Lipinski definition) is 5. The fourth-order valence-corrected chi connectivity index (χ4v) is 2.04. The van der Waals surface area contributed by atoms with E-state index in [2.05, 4.69) is 15.2 Å². The SMILES string of the molecule is Nc1c(N=Nc2ccccn2)c(=O)n2n1CCC2. The predicted octanol–water partition coefficient (Wildman–Crippen LogP) is 1.45. The lowest BCUT2D eigenvalue weighted by molar-refractivity contribution is 0.601. The Morgan fingerprint density at radius 3 is 2.78 bits per heavy atom. The minimum absolute atomic E-state index is 0.190. The van der Waals surface area contributed by atoms with Crippen molar-refractivity contribution < 1.29 is 0 Å². The molecule has 0 saturated carbocycles. The molecule has 7 heteroatoms. The van der Waals surface area contributed by atoms with Gasteiger partial charge in [-0.05, 0) is 18.6 Å². The molecule has 2 N–H and O–H groups in total. The summed E-state index contributed by atoms with van der Waals surface area (Å²) in [6.07, 6.45) is 2.54. The van der Waals surface area contributed by atoms with Gasteiger partial charge >= 0.3 is 0 Å². The molecule has 0 aromatic carbocycles. The second-order valence-electron chi connectivity index (χ2n) is 4.03.